The van der Waals surface area contributed by atoms with Crippen LogP contribution in [0.15, 0.2) is 24.3 Å². The van der Waals surface area contributed by atoms with Crippen LogP contribution in [0, 0.1) is 0 Å². The number of rotatable bonds is 6. The Morgan fingerprint density at radius 3 is 2.67 bits per heavy atom. The third-order valence-corrected chi connectivity index (χ3v) is 4.90. The molecule has 6 heteroatoms. The highest BCUT2D eigenvalue weighted by atomic mass is 32.2. The van der Waals surface area contributed by atoms with Gasteiger partial charge in [-0.25, -0.2) is 12.7 Å². The number of nitrogens with zero attached hydrogens (tertiary/aromatic N) is 1. The Morgan fingerprint density at radius 1 is 1.44 bits per heavy atom. The molecule has 1 aromatic carbocycles. The van der Waals surface area contributed by atoms with Crippen LogP contribution in [-0.2, 0) is 16.6 Å². The van der Waals surface area contributed by atoms with E-state index >= 15 is 0 Å². The van der Waals surface area contributed by atoms with Gasteiger partial charge in [-0.05, 0) is 24.6 Å². The molecule has 102 valence electrons. The number of sulfonamides is 1. The molecule has 0 bridgehead atoms. The lowest BCUT2D eigenvalue weighted by Crippen LogP contribution is -2.36. The molecule has 1 unspecified atom stereocenters. The lowest BCUT2D eigenvalue weighted by atomic mass is 10.2. The second kappa shape index (κ2) is 6.17. The van der Waals surface area contributed by atoms with Crippen LogP contribution in [0.2, 0.25) is 0 Å². The van der Waals surface area contributed by atoms with Crippen molar-refractivity contribution in [2.24, 2.45) is 0 Å². The Hall–Kier alpha value is -1.11. The van der Waals surface area contributed by atoms with Gasteiger partial charge in [-0.15, -0.1) is 0 Å². The van der Waals surface area contributed by atoms with E-state index in [0.29, 0.717) is 5.75 Å². The second-order valence-electron chi connectivity index (χ2n) is 4.15. The maximum atomic E-state index is 12.0. The minimum absolute atomic E-state index is 0.254. The van der Waals surface area contributed by atoms with Crippen LogP contribution in [0.5, 0.6) is 5.75 Å². The van der Waals surface area contributed by atoms with Crippen LogP contribution >= 0.6 is 0 Å². The van der Waals surface area contributed by atoms with Crippen molar-refractivity contribution in [3.05, 3.63) is 29.8 Å². The summed E-state index contributed by atoms with van der Waals surface area (Å²) in [5, 5.41) is 8.14. The first kappa shape index (κ1) is 14.9. The summed E-state index contributed by atoms with van der Waals surface area (Å²) < 4.78 is 30.2. The van der Waals surface area contributed by atoms with Gasteiger partial charge in [-0.2, -0.15) is 0 Å². The lowest BCUT2D eigenvalue weighted by molar-refractivity contribution is 0.290. The molecular formula is C12H19NO4S. The standard InChI is InChI=1S/C12H19NO4S/c1-10(9-14)18(15,16)13(2)8-11-5-4-6-12(7-11)17-3/h4-7,10,14H,8-9H2,1-3H3. The van der Waals surface area contributed by atoms with E-state index in [-0.39, 0.29) is 13.2 Å². The fraction of sp³-hybridized carbons (Fsp3) is 0.500. The molecule has 0 saturated heterocycles. The van der Waals surface area contributed by atoms with Crippen molar-refractivity contribution in [1.82, 2.24) is 4.31 Å². The lowest BCUT2D eigenvalue weighted by Gasteiger charge is -2.20. The Balaban J connectivity index is 2.84. The number of ether oxygens (including phenoxy) is 1. The van der Waals surface area contributed by atoms with Crippen molar-refractivity contribution < 1.29 is 18.3 Å². The van der Waals surface area contributed by atoms with E-state index in [4.69, 9.17) is 9.84 Å². The van der Waals surface area contributed by atoms with Crippen LogP contribution in [-0.4, -0.2) is 43.8 Å². The molecule has 0 aromatic heterocycles. The quantitative estimate of drug-likeness (QED) is 0.834. The van der Waals surface area contributed by atoms with Crippen molar-refractivity contribution in [3.8, 4) is 5.75 Å². The minimum Gasteiger partial charge on any atom is -0.497 e. The van der Waals surface area contributed by atoms with E-state index in [1.54, 1.807) is 19.2 Å². The van der Waals surface area contributed by atoms with Gasteiger partial charge in [0.1, 0.15) is 5.75 Å². The molecule has 0 aliphatic rings. The first-order valence-electron chi connectivity index (χ1n) is 5.60. The maximum Gasteiger partial charge on any atom is 0.219 e. The molecule has 0 fully saturated rings. The summed E-state index contributed by atoms with van der Waals surface area (Å²) in [6, 6.07) is 7.23. The predicted octanol–water partition coefficient (Wildman–Crippen LogP) is 0.838. The summed E-state index contributed by atoms with van der Waals surface area (Å²) in [6.45, 7) is 1.35. The fourth-order valence-corrected chi connectivity index (χ4v) is 2.65. The van der Waals surface area contributed by atoms with Crippen molar-refractivity contribution >= 4 is 10.0 Å². The molecule has 0 saturated carbocycles. The zero-order valence-corrected chi connectivity index (χ0v) is 11.6. The van der Waals surface area contributed by atoms with Crippen LogP contribution in [0.3, 0.4) is 0 Å². The zero-order valence-electron chi connectivity index (χ0n) is 10.8. The molecule has 1 atom stereocenters. The van der Waals surface area contributed by atoms with E-state index < -0.39 is 15.3 Å². The number of hydrogen-bond acceptors (Lipinski definition) is 4. The van der Waals surface area contributed by atoms with Crippen molar-refractivity contribution in [2.75, 3.05) is 20.8 Å². The highest BCUT2D eigenvalue weighted by Crippen LogP contribution is 2.16. The van der Waals surface area contributed by atoms with E-state index in [2.05, 4.69) is 0 Å². The third-order valence-electron chi connectivity index (χ3n) is 2.74. The minimum atomic E-state index is -3.46. The Morgan fingerprint density at radius 2 is 2.11 bits per heavy atom. The van der Waals surface area contributed by atoms with Gasteiger partial charge < -0.3 is 9.84 Å². The van der Waals surface area contributed by atoms with E-state index in [0.717, 1.165) is 5.56 Å². The second-order valence-corrected chi connectivity index (χ2v) is 6.60. The number of benzene rings is 1. The van der Waals surface area contributed by atoms with Crippen LogP contribution in [0.25, 0.3) is 0 Å². The van der Waals surface area contributed by atoms with Crippen molar-refractivity contribution in [3.63, 3.8) is 0 Å². The molecular weight excluding hydrogens is 254 g/mol. The largest absolute Gasteiger partial charge is 0.497 e. The van der Waals surface area contributed by atoms with Crippen LogP contribution in [0.1, 0.15) is 12.5 Å². The number of hydrogen-bond donors (Lipinski definition) is 1. The summed E-state index contributed by atoms with van der Waals surface area (Å²) in [6.07, 6.45) is 0. The average Bonchev–Trinajstić information content (AvgIpc) is 2.37. The number of aliphatic hydroxyl groups is 1. The molecule has 0 heterocycles. The summed E-state index contributed by atoms with van der Waals surface area (Å²) in [7, 11) is -0.400. The van der Waals surface area contributed by atoms with Gasteiger partial charge in [0.25, 0.3) is 0 Å². The maximum absolute atomic E-state index is 12.0. The Kier molecular flexibility index (Phi) is 5.13. The molecule has 0 aliphatic heterocycles. The molecule has 1 N–H and O–H groups in total. The number of methoxy groups -OCH3 is 1. The third kappa shape index (κ3) is 3.44. The molecule has 0 amide bonds. The van der Waals surface area contributed by atoms with Gasteiger partial charge in [0.15, 0.2) is 0 Å². The molecule has 1 rings (SSSR count). The van der Waals surface area contributed by atoms with E-state index in [1.807, 2.05) is 12.1 Å². The van der Waals surface area contributed by atoms with Crippen molar-refractivity contribution in [2.45, 2.75) is 18.7 Å². The van der Waals surface area contributed by atoms with Gasteiger partial charge in [0, 0.05) is 13.6 Å². The van der Waals surface area contributed by atoms with Gasteiger partial charge >= 0.3 is 0 Å². The van der Waals surface area contributed by atoms with Gasteiger partial charge in [-0.1, -0.05) is 12.1 Å². The highest BCUT2D eigenvalue weighted by molar-refractivity contribution is 7.89. The number of aliphatic hydroxyl groups excluding tert-OH is 1. The smallest absolute Gasteiger partial charge is 0.219 e. The zero-order chi connectivity index (χ0) is 13.8. The molecule has 5 nitrogen and oxygen atoms in total. The van der Waals surface area contributed by atoms with Gasteiger partial charge in [-0.3, -0.25) is 0 Å². The van der Waals surface area contributed by atoms with Crippen molar-refractivity contribution in [1.29, 1.82) is 0 Å². The molecule has 18 heavy (non-hydrogen) atoms. The Bertz CT molecular complexity index is 487. The van der Waals surface area contributed by atoms with E-state index in [9.17, 15) is 8.42 Å². The summed E-state index contributed by atoms with van der Waals surface area (Å²) in [4.78, 5) is 0. The Labute approximate surface area is 108 Å². The summed E-state index contributed by atoms with van der Waals surface area (Å²) in [5.41, 5.74) is 0.838. The topological polar surface area (TPSA) is 66.8 Å². The van der Waals surface area contributed by atoms with Gasteiger partial charge in [0.05, 0.1) is 19.0 Å². The predicted molar refractivity (Wildman–Crippen MR) is 69.9 cm³/mol. The van der Waals surface area contributed by atoms with Crippen LogP contribution < -0.4 is 4.74 Å². The van der Waals surface area contributed by atoms with Crippen LogP contribution in [0.4, 0.5) is 0 Å². The molecule has 1 aromatic rings. The average molecular weight is 273 g/mol. The summed E-state index contributed by atoms with van der Waals surface area (Å²) >= 11 is 0. The monoisotopic (exact) mass is 273 g/mol. The molecule has 0 aliphatic carbocycles. The van der Waals surface area contributed by atoms with Gasteiger partial charge in [0.2, 0.25) is 10.0 Å². The first-order valence-corrected chi connectivity index (χ1v) is 7.11. The SMILES string of the molecule is COc1cccc(CN(C)S(=O)(=O)C(C)CO)c1. The highest BCUT2D eigenvalue weighted by Gasteiger charge is 2.25. The summed E-state index contributed by atoms with van der Waals surface area (Å²) in [5.74, 6) is 0.688. The van der Waals surface area contributed by atoms with E-state index in [1.165, 1.54) is 18.3 Å². The molecule has 0 spiro atoms. The normalized spacial score (nSPS) is 13.6. The first-order chi connectivity index (χ1) is 8.41. The molecule has 0 radical (unpaired) electrons. The fourth-order valence-electron chi connectivity index (χ4n) is 1.52.